The Bertz CT molecular complexity index is 560. The molecular formula is C13H14N2OS. The second kappa shape index (κ2) is 4.59. The molecule has 1 aromatic carbocycles. The molecule has 0 radical (unpaired) electrons. The van der Waals surface area contributed by atoms with Crippen LogP contribution in [0.1, 0.15) is 21.5 Å². The molecule has 2 rings (SSSR count). The highest BCUT2D eigenvalue weighted by molar-refractivity contribution is 7.08. The smallest absolute Gasteiger partial charge is 0.256 e. The first-order valence-corrected chi connectivity index (χ1v) is 6.22. The summed E-state index contributed by atoms with van der Waals surface area (Å²) in [7, 11) is 0. The van der Waals surface area contributed by atoms with Gasteiger partial charge >= 0.3 is 0 Å². The molecule has 3 nitrogen and oxygen atoms in total. The largest absolute Gasteiger partial charge is 0.397 e. The van der Waals surface area contributed by atoms with E-state index < -0.39 is 0 Å². The molecule has 4 heteroatoms. The minimum Gasteiger partial charge on any atom is -0.397 e. The van der Waals surface area contributed by atoms with Gasteiger partial charge in [-0.15, -0.1) is 0 Å². The zero-order valence-corrected chi connectivity index (χ0v) is 10.6. The van der Waals surface area contributed by atoms with Gasteiger partial charge in [-0.2, -0.15) is 11.3 Å². The van der Waals surface area contributed by atoms with Crippen LogP contribution in [-0.4, -0.2) is 5.91 Å². The molecule has 1 heterocycles. The van der Waals surface area contributed by atoms with Gasteiger partial charge in [0.15, 0.2) is 0 Å². The van der Waals surface area contributed by atoms with Gasteiger partial charge in [0, 0.05) is 5.38 Å². The molecule has 0 saturated carbocycles. The van der Waals surface area contributed by atoms with E-state index in [1.54, 1.807) is 0 Å². The average molecular weight is 246 g/mol. The number of nitrogens with two attached hydrogens (primary N) is 1. The summed E-state index contributed by atoms with van der Waals surface area (Å²) in [5, 5.41) is 6.62. The van der Waals surface area contributed by atoms with E-state index in [9.17, 15) is 4.79 Å². The number of hydrogen-bond acceptors (Lipinski definition) is 3. The molecule has 0 spiro atoms. The maximum Gasteiger partial charge on any atom is 0.256 e. The summed E-state index contributed by atoms with van der Waals surface area (Å²) >= 11 is 1.52. The molecule has 0 atom stereocenters. The summed E-state index contributed by atoms with van der Waals surface area (Å²) < 4.78 is 0. The number of nitrogen functional groups attached to an aromatic ring is 1. The Labute approximate surface area is 104 Å². The molecule has 3 N–H and O–H groups in total. The van der Waals surface area contributed by atoms with Crippen LogP contribution in [-0.2, 0) is 0 Å². The summed E-state index contributed by atoms with van der Waals surface area (Å²) in [4.78, 5) is 12.0. The van der Waals surface area contributed by atoms with E-state index in [0.717, 1.165) is 11.1 Å². The second-order valence-electron chi connectivity index (χ2n) is 4.01. The highest BCUT2D eigenvalue weighted by Crippen LogP contribution is 2.21. The molecule has 0 bridgehead atoms. The van der Waals surface area contributed by atoms with Crippen LogP contribution in [0.4, 0.5) is 11.4 Å². The number of aryl methyl sites for hydroxylation is 2. The second-order valence-corrected chi connectivity index (χ2v) is 4.76. The van der Waals surface area contributed by atoms with Crippen LogP contribution in [0.3, 0.4) is 0 Å². The first-order chi connectivity index (χ1) is 8.08. The summed E-state index contributed by atoms with van der Waals surface area (Å²) in [5.74, 6) is -0.112. The standard InChI is InChI=1S/C13H14N2OS/c1-8-3-4-12(11(14)5-8)15-13(16)10-7-17-6-9(10)2/h3-7H,14H2,1-2H3,(H,15,16). The van der Waals surface area contributed by atoms with Crippen molar-refractivity contribution >= 4 is 28.6 Å². The fourth-order valence-electron chi connectivity index (χ4n) is 1.58. The lowest BCUT2D eigenvalue weighted by atomic mass is 10.1. The van der Waals surface area contributed by atoms with Gasteiger partial charge in [-0.1, -0.05) is 6.07 Å². The normalized spacial score (nSPS) is 10.2. The van der Waals surface area contributed by atoms with Gasteiger partial charge in [-0.25, -0.2) is 0 Å². The van der Waals surface area contributed by atoms with Gasteiger partial charge in [0.1, 0.15) is 0 Å². The fraction of sp³-hybridized carbons (Fsp3) is 0.154. The van der Waals surface area contributed by atoms with Crippen LogP contribution in [0.15, 0.2) is 29.0 Å². The highest BCUT2D eigenvalue weighted by Gasteiger charge is 2.11. The minimum absolute atomic E-state index is 0.112. The summed E-state index contributed by atoms with van der Waals surface area (Å²) in [6.07, 6.45) is 0. The Balaban J connectivity index is 2.22. The van der Waals surface area contributed by atoms with E-state index in [2.05, 4.69) is 5.32 Å². The molecular weight excluding hydrogens is 232 g/mol. The molecule has 0 aliphatic heterocycles. The van der Waals surface area contributed by atoms with Crippen LogP contribution in [0.5, 0.6) is 0 Å². The highest BCUT2D eigenvalue weighted by atomic mass is 32.1. The topological polar surface area (TPSA) is 55.1 Å². The zero-order valence-electron chi connectivity index (χ0n) is 9.78. The third-order valence-corrected chi connectivity index (χ3v) is 3.42. The van der Waals surface area contributed by atoms with Crippen molar-refractivity contribution in [3.05, 3.63) is 45.6 Å². The maximum atomic E-state index is 12.0. The Morgan fingerprint density at radius 1 is 1.29 bits per heavy atom. The van der Waals surface area contributed by atoms with Crippen LogP contribution in [0, 0.1) is 13.8 Å². The van der Waals surface area contributed by atoms with Crippen LogP contribution >= 0.6 is 11.3 Å². The predicted molar refractivity (Wildman–Crippen MR) is 72.6 cm³/mol. The quantitative estimate of drug-likeness (QED) is 0.799. The molecule has 1 amide bonds. The first kappa shape index (κ1) is 11.7. The fourth-order valence-corrected chi connectivity index (χ4v) is 2.41. The van der Waals surface area contributed by atoms with Gasteiger partial charge in [0.2, 0.25) is 0 Å². The zero-order chi connectivity index (χ0) is 12.4. The lowest BCUT2D eigenvalue weighted by Gasteiger charge is -2.08. The van der Waals surface area contributed by atoms with E-state index in [1.165, 1.54) is 11.3 Å². The molecule has 88 valence electrons. The van der Waals surface area contributed by atoms with Crippen LogP contribution < -0.4 is 11.1 Å². The van der Waals surface area contributed by atoms with Crippen molar-refractivity contribution in [1.82, 2.24) is 0 Å². The Hall–Kier alpha value is -1.81. The first-order valence-electron chi connectivity index (χ1n) is 5.28. The van der Waals surface area contributed by atoms with E-state index in [4.69, 9.17) is 5.73 Å². The number of amides is 1. The van der Waals surface area contributed by atoms with E-state index in [0.29, 0.717) is 16.9 Å². The third-order valence-electron chi connectivity index (χ3n) is 2.56. The number of thiophene rings is 1. The van der Waals surface area contributed by atoms with Gasteiger partial charge in [-0.3, -0.25) is 4.79 Å². The third kappa shape index (κ3) is 2.47. The van der Waals surface area contributed by atoms with Crippen LogP contribution in [0.25, 0.3) is 0 Å². The number of nitrogens with one attached hydrogen (secondary N) is 1. The van der Waals surface area contributed by atoms with E-state index in [-0.39, 0.29) is 5.91 Å². The number of rotatable bonds is 2. The Morgan fingerprint density at radius 2 is 2.06 bits per heavy atom. The SMILES string of the molecule is Cc1ccc(NC(=O)c2cscc2C)c(N)c1. The molecule has 0 aliphatic rings. The van der Waals surface area contributed by atoms with Gasteiger partial charge < -0.3 is 11.1 Å². The molecule has 1 aromatic heterocycles. The number of benzene rings is 1. The summed E-state index contributed by atoms with van der Waals surface area (Å²) in [6.45, 7) is 3.88. The van der Waals surface area contributed by atoms with Crippen molar-refractivity contribution in [1.29, 1.82) is 0 Å². The van der Waals surface area contributed by atoms with Crippen molar-refractivity contribution in [3.8, 4) is 0 Å². The van der Waals surface area contributed by atoms with E-state index in [1.807, 2.05) is 42.8 Å². The average Bonchev–Trinajstić information content (AvgIpc) is 2.68. The van der Waals surface area contributed by atoms with Crippen molar-refractivity contribution in [3.63, 3.8) is 0 Å². The lowest BCUT2D eigenvalue weighted by molar-refractivity contribution is 0.102. The van der Waals surface area contributed by atoms with E-state index >= 15 is 0 Å². The predicted octanol–water partition coefficient (Wildman–Crippen LogP) is 3.20. The van der Waals surface area contributed by atoms with Gasteiger partial charge in [-0.05, 0) is 42.5 Å². The Morgan fingerprint density at radius 3 is 2.65 bits per heavy atom. The van der Waals surface area contributed by atoms with Crippen molar-refractivity contribution < 1.29 is 4.79 Å². The molecule has 0 aliphatic carbocycles. The molecule has 2 aromatic rings. The number of carbonyl (C=O) groups is 1. The van der Waals surface area contributed by atoms with Crippen LogP contribution in [0.2, 0.25) is 0 Å². The van der Waals surface area contributed by atoms with Gasteiger partial charge in [0.25, 0.3) is 5.91 Å². The number of hydrogen-bond donors (Lipinski definition) is 2. The molecule has 0 unspecified atom stereocenters. The molecule has 0 fully saturated rings. The molecule has 17 heavy (non-hydrogen) atoms. The molecule has 0 saturated heterocycles. The Kier molecular flexibility index (Phi) is 3.15. The minimum atomic E-state index is -0.112. The lowest BCUT2D eigenvalue weighted by Crippen LogP contribution is -2.13. The number of carbonyl (C=O) groups excluding carboxylic acids is 1. The summed E-state index contributed by atoms with van der Waals surface area (Å²) in [6, 6.07) is 5.59. The van der Waals surface area contributed by atoms with Crippen molar-refractivity contribution in [2.24, 2.45) is 0 Å². The number of anilines is 2. The van der Waals surface area contributed by atoms with Gasteiger partial charge in [0.05, 0.1) is 16.9 Å². The maximum absolute atomic E-state index is 12.0. The summed E-state index contributed by atoms with van der Waals surface area (Å²) in [5.41, 5.74) is 9.86. The van der Waals surface area contributed by atoms with Crippen molar-refractivity contribution in [2.75, 3.05) is 11.1 Å². The van der Waals surface area contributed by atoms with Crippen molar-refractivity contribution in [2.45, 2.75) is 13.8 Å². The monoisotopic (exact) mass is 246 g/mol.